The Balaban J connectivity index is 2.03. The Morgan fingerprint density at radius 1 is 0.960 bits per heavy atom. The third-order valence-electron chi connectivity index (χ3n) is 5.08. The fourth-order valence-electron chi connectivity index (χ4n) is 3.87. The number of benzene rings is 2. The highest BCUT2D eigenvalue weighted by Crippen LogP contribution is 2.40. The van der Waals surface area contributed by atoms with Gasteiger partial charge in [0.1, 0.15) is 5.75 Å². The van der Waals surface area contributed by atoms with Crippen molar-refractivity contribution in [3.05, 3.63) is 54.2 Å². The van der Waals surface area contributed by atoms with Gasteiger partial charge in [-0.15, -0.1) is 0 Å². The number of hydrogen-bond acceptors (Lipinski definition) is 3. The van der Waals surface area contributed by atoms with Crippen molar-refractivity contribution < 1.29 is 4.74 Å². The van der Waals surface area contributed by atoms with Crippen LogP contribution >= 0.6 is 0 Å². The number of aromatic nitrogens is 1. The summed E-state index contributed by atoms with van der Waals surface area (Å²) < 4.78 is 5.49. The summed E-state index contributed by atoms with van der Waals surface area (Å²) in [6.45, 7) is 4.34. The molecule has 0 radical (unpaired) electrons. The fourth-order valence-corrected chi connectivity index (χ4v) is 3.87. The van der Waals surface area contributed by atoms with Gasteiger partial charge in [-0.25, -0.2) is 0 Å². The van der Waals surface area contributed by atoms with Crippen LogP contribution in [0.1, 0.15) is 25.0 Å². The molecular formula is C22H24N2O. The van der Waals surface area contributed by atoms with E-state index in [9.17, 15) is 0 Å². The van der Waals surface area contributed by atoms with Crippen LogP contribution in [0.2, 0.25) is 0 Å². The number of rotatable bonds is 3. The molecule has 2 aromatic carbocycles. The molecule has 0 atom stereocenters. The van der Waals surface area contributed by atoms with Crippen LogP contribution in [0.5, 0.6) is 5.75 Å². The summed E-state index contributed by atoms with van der Waals surface area (Å²) in [4.78, 5) is 7.44. The lowest BCUT2D eigenvalue weighted by Crippen LogP contribution is -2.30. The SMILES string of the molecule is COc1ccc2nc(C)c(-c3ccccc3)c(N3CCCCC3)c2c1. The van der Waals surface area contributed by atoms with Crippen molar-refractivity contribution in [3.63, 3.8) is 0 Å². The molecule has 4 rings (SSSR count). The number of ether oxygens (including phenoxy) is 1. The number of methoxy groups -OCH3 is 1. The van der Waals surface area contributed by atoms with E-state index in [1.54, 1.807) is 7.11 Å². The van der Waals surface area contributed by atoms with Crippen LogP contribution in [0.4, 0.5) is 5.69 Å². The molecule has 128 valence electrons. The normalized spacial score (nSPS) is 14.7. The Morgan fingerprint density at radius 2 is 1.72 bits per heavy atom. The van der Waals surface area contributed by atoms with E-state index in [1.807, 2.05) is 6.07 Å². The van der Waals surface area contributed by atoms with E-state index in [1.165, 1.54) is 41.5 Å². The molecule has 0 bridgehead atoms. The van der Waals surface area contributed by atoms with E-state index in [0.29, 0.717) is 0 Å². The summed E-state index contributed by atoms with van der Waals surface area (Å²) in [5.74, 6) is 0.885. The molecule has 3 aromatic rings. The monoisotopic (exact) mass is 332 g/mol. The fraction of sp³-hybridized carbons (Fsp3) is 0.318. The number of hydrogen-bond donors (Lipinski definition) is 0. The van der Waals surface area contributed by atoms with Crippen LogP contribution < -0.4 is 9.64 Å². The highest BCUT2D eigenvalue weighted by molar-refractivity contribution is 6.01. The quantitative estimate of drug-likeness (QED) is 0.658. The second-order valence-electron chi connectivity index (χ2n) is 6.72. The van der Waals surface area contributed by atoms with Crippen molar-refractivity contribution in [1.29, 1.82) is 0 Å². The van der Waals surface area contributed by atoms with Gasteiger partial charge < -0.3 is 9.64 Å². The molecular weight excluding hydrogens is 308 g/mol. The third kappa shape index (κ3) is 2.95. The zero-order valence-corrected chi connectivity index (χ0v) is 15.0. The molecule has 0 amide bonds. The molecule has 0 spiro atoms. The number of nitrogens with zero attached hydrogens (tertiary/aromatic N) is 2. The predicted molar refractivity (Wildman–Crippen MR) is 105 cm³/mol. The van der Waals surface area contributed by atoms with Crippen LogP contribution in [0.15, 0.2) is 48.5 Å². The summed E-state index contributed by atoms with van der Waals surface area (Å²) in [5.41, 5.74) is 5.93. The zero-order valence-electron chi connectivity index (χ0n) is 15.0. The van der Waals surface area contributed by atoms with Gasteiger partial charge in [0.25, 0.3) is 0 Å². The molecule has 25 heavy (non-hydrogen) atoms. The smallest absolute Gasteiger partial charge is 0.119 e. The van der Waals surface area contributed by atoms with Crippen LogP contribution in [-0.2, 0) is 0 Å². The van der Waals surface area contributed by atoms with E-state index in [4.69, 9.17) is 9.72 Å². The van der Waals surface area contributed by atoms with E-state index < -0.39 is 0 Å². The molecule has 1 aliphatic rings. The summed E-state index contributed by atoms with van der Waals surface area (Å²) in [5, 5.41) is 1.19. The Hall–Kier alpha value is -2.55. The van der Waals surface area contributed by atoms with Crippen LogP contribution in [-0.4, -0.2) is 25.2 Å². The zero-order chi connectivity index (χ0) is 17.2. The number of anilines is 1. The van der Waals surface area contributed by atoms with Crippen LogP contribution in [0, 0.1) is 6.92 Å². The maximum atomic E-state index is 5.49. The largest absolute Gasteiger partial charge is 0.497 e. The first kappa shape index (κ1) is 15.9. The van der Waals surface area contributed by atoms with Crippen molar-refractivity contribution in [1.82, 2.24) is 4.98 Å². The first-order valence-electron chi connectivity index (χ1n) is 9.06. The Kier molecular flexibility index (Phi) is 4.31. The highest BCUT2D eigenvalue weighted by atomic mass is 16.5. The lowest BCUT2D eigenvalue weighted by molar-refractivity contribution is 0.415. The summed E-state index contributed by atoms with van der Waals surface area (Å²) in [6.07, 6.45) is 3.82. The van der Waals surface area contributed by atoms with E-state index in [2.05, 4.69) is 54.3 Å². The topological polar surface area (TPSA) is 25.4 Å². The summed E-state index contributed by atoms with van der Waals surface area (Å²) >= 11 is 0. The molecule has 3 nitrogen and oxygen atoms in total. The van der Waals surface area contributed by atoms with Gasteiger partial charge in [-0.3, -0.25) is 4.98 Å². The molecule has 1 aliphatic heterocycles. The molecule has 2 heterocycles. The van der Waals surface area contributed by atoms with Gasteiger partial charge >= 0.3 is 0 Å². The molecule has 1 aromatic heterocycles. The minimum atomic E-state index is 0.885. The lowest BCUT2D eigenvalue weighted by Gasteiger charge is -2.32. The minimum absolute atomic E-state index is 0.885. The standard InChI is InChI=1S/C22H24N2O/c1-16-21(17-9-5-3-6-10-17)22(24-13-7-4-8-14-24)19-15-18(25-2)11-12-20(19)23-16/h3,5-6,9-12,15H,4,7-8,13-14H2,1-2H3. The molecule has 1 fully saturated rings. The average Bonchev–Trinajstić information content (AvgIpc) is 2.68. The first-order valence-corrected chi connectivity index (χ1v) is 9.06. The minimum Gasteiger partial charge on any atom is -0.497 e. The summed E-state index contributed by atoms with van der Waals surface area (Å²) in [7, 11) is 1.72. The maximum absolute atomic E-state index is 5.49. The average molecular weight is 332 g/mol. The summed E-state index contributed by atoms with van der Waals surface area (Å²) in [6, 6.07) is 16.8. The van der Waals surface area contributed by atoms with Gasteiger partial charge in [0.05, 0.1) is 18.3 Å². The molecule has 0 unspecified atom stereocenters. The van der Waals surface area contributed by atoms with Crippen molar-refractivity contribution in [2.75, 3.05) is 25.1 Å². The second kappa shape index (κ2) is 6.75. The van der Waals surface area contributed by atoms with Crippen molar-refractivity contribution in [2.45, 2.75) is 26.2 Å². The number of piperidine rings is 1. The van der Waals surface area contributed by atoms with E-state index in [0.717, 1.165) is 30.0 Å². The first-order chi connectivity index (χ1) is 12.3. The Bertz CT molecular complexity index is 883. The third-order valence-corrected chi connectivity index (χ3v) is 5.08. The van der Waals surface area contributed by atoms with E-state index in [-0.39, 0.29) is 0 Å². The van der Waals surface area contributed by atoms with Crippen molar-refractivity contribution in [2.24, 2.45) is 0 Å². The van der Waals surface area contributed by atoms with Gasteiger partial charge in [0.15, 0.2) is 0 Å². The van der Waals surface area contributed by atoms with Crippen molar-refractivity contribution >= 4 is 16.6 Å². The predicted octanol–water partition coefficient (Wildman–Crippen LogP) is 5.21. The molecule has 3 heteroatoms. The van der Waals surface area contributed by atoms with Crippen LogP contribution in [0.3, 0.4) is 0 Å². The molecule has 0 aliphatic carbocycles. The van der Waals surface area contributed by atoms with E-state index >= 15 is 0 Å². The maximum Gasteiger partial charge on any atom is 0.119 e. The van der Waals surface area contributed by atoms with Gasteiger partial charge in [0.2, 0.25) is 0 Å². The van der Waals surface area contributed by atoms with Gasteiger partial charge in [-0.1, -0.05) is 30.3 Å². The van der Waals surface area contributed by atoms with Gasteiger partial charge in [0, 0.05) is 29.7 Å². The Morgan fingerprint density at radius 3 is 2.44 bits per heavy atom. The Labute approximate surface area is 149 Å². The molecule has 0 saturated carbocycles. The number of aryl methyl sites for hydroxylation is 1. The number of fused-ring (bicyclic) bond motifs is 1. The highest BCUT2D eigenvalue weighted by Gasteiger charge is 2.21. The van der Waals surface area contributed by atoms with Gasteiger partial charge in [-0.2, -0.15) is 0 Å². The molecule has 1 saturated heterocycles. The van der Waals surface area contributed by atoms with Crippen molar-refractivity contribution in [3.8, 4) is 16.9 Å². The lowest BCUT2D eigenvalue weighted by atomic mass is 9.96. The molecule has 0 N–H and O–H groups in total. The van der Waals surface area contributed by atoms with Crippen LogP contribution in [0.25, 0.3) is 22.0 Å². The number of pyridine rings is 1. The van der Waals surface area contributed by atoms with Gasteiger partial charge in [-0.05, 0) is 49.9 Å². The second-order valence-corrected chi connectivity index (χ2v) is 6.72.